The van der Waals surface area contributed by atoms with Gasteiger partial charge in [0.25, 0.3) is 5.91 Å². The lowest BCUT2D eigenvalue weighted by Gasteiger charge is -2.31. The minimum atomic E-state index is -0.621. The SMILES string of the molecule is CC(C)(C)OC(=O)c1nc(N2CCc3cccc(C(=O)Nc4nc5ccccc5s4)c3C2)ccc1Br. The summed E-state index contributed by atoms with van der Waals surface area (Å²) in [4.78, 5) is 37.2. The number of aromatic nitrogens is 2. The van der Waals surface area contributed by atoms with Crippen LogP contribution >= 0.6 is 27.3 Å². The van der Waals surface area contributed by atoms with E-state index in [2.05, 4.69) is 42.2 Å². The van der Waals surface area contributed by atoms with Gasteiger partial charge in [-0.2, -0.15) is 0 Å². The van der Waals surface area contributed by atoms with Crippen molar-refractivity contribution in [1.82, 2.24) is 9.97 Å². The van der Waals surface area contributed by atoms with Crippen molar-refractivity contribution in [2.24, 2.45) is 0 Å². The van der Waals surface area contributed by atoms with Crippen molar-refractivity contribution in [3.8, 4) is 0 Å². The number of carbonyl (C=O) groups excluding carboxylic acids is 2. The smallest absolute Gasteiger partial charge is 0.358 e. The molecule has 1 amide bonds. The maximum absolute atomic E-state index is 13.3. The van der Waals surface area contributed by atoms with Crippen molar-refractivity contribution in [1.29, 1.82) is 0 Å². The van der Waals surface area contributed by atoms with Gasteiger partial charge in [-0.25, -0.2) is 14.8 Å². The van der Waals surface area contributed by atoms with E-state index in [1.807, 2.05) is 69.3 Å². The van der Waals surface area contributed by atoms with Crippen LogP contribution in [-0.2, 0) is 17.7 Å². The summed E-state index contributed by atoms with van der Waals surface area (Å²) >= 11 is 4.88. The van der Waals surface area contributed by atoms with Gasteiger partial charge in [0.1, 0.15) is 11.4 Å². The fraction of sp³-hybridized carbons (Fsp3) is 0.259. The zero-order chi connectivity index (χ0) is 25.4. The van der Waals surface area contributed by atoms with E-state index in [1.165, 1.54) is 11.3 Å². The van der Waals surface area contributed by atoms with Gasteiger partial charge in [-0.1, -0.05) is 35.6 Å². The number of hydrogen-bond acceptors (Lipinski definition) is 7. The van der Waals surface area contributed by atoms with Gasteiger partial charge in [-0.3, -0.25) is 10.1 Å². The van der Waals surface area contributed by atoms with Crippen molar-refractivity contribution in [2.45, 2.75) is 39.3 Å². The van der Waals surface area contributed by atoms with E-state index in [0.717, 1.165) is 34.3 Å². The number of nitrogens with zero attached hydrogens (tertiary/aromatic N) is 3. The Bertz CT molecular complexity index is 1440. The Labute approximate surface area is 221 Å². The Morgan fingerprint density at radius 3 is 2.64 bits per heavy atom. The standard InChI is InChI=1S/C27H25BrN4O3S/c1-27(2,3)35-25(34)23-19(28)11-12-22(30-23)32-14-13-16-7-6-8-17(18(16)15-32)24(33)31-26-29-20-9-4-5-10-21(20)36-26/h4-12H,13-15H2,1-3H3,(H,29,31,33). The first-order chi connectivity index (χ1) is 17.2. The monoisotopic (exact) mass is 564 g/mol. The number of halogens is 1. The molecule has 184 valence electrons. The molecule has 2 aromatic heterocycles. The first-order valence-electron chi connectivity index (χ1n) is 11.6. The molecule has 2 aromatic carbocycles. The number of rotatable bonds is 4. The van der Waals surface area contributed by atoms with Crippen LogP contribution in [0, 0.1) is 0 Å². The van der Waals surface area contributed by atoms with Gasteiger partial charge in [-0.05, 0) is 84.6 Å². The Morgan fingerprint density at radius 2 is 1.86 bits per heavy atom. The highest BCUT2D eigenvalue weighted by Gasteiger charge is 2.26. The van der Waals surface area contributed by atoms with Gasteiger partial charge >= 0.3 is 5.97 Å². The van der Waals surface area contributed by atoms with Crippen LogP contribution in [0.3, 0.4) is 0 Å². The summed E-state index contributed by atoms with van der Waals surface area (Å²) in [6.07, 6.45) is 0.761. The Hall–Kier alpha value is -3.30. The van der Waals surface area contributed by atoms with Crippen LogP contribution in [0.5, 0.6) is 0 Å². The number of amides is 1. The predicted octanol–water partition coefficient (Wildman–Crippen LogP) is 6.22. The Kier molecular flexibility index (Phi) is 6.53. The van der Waals surface area contributed by atoms with E-state index in [1.54, 1.807) is 0 Å². The number of benzene rings is 2. The molecular formula is C27H25BrN4O3S. The molecule has 0 fully saturated rings. The molecule has 0 saturated carbocycles. The minimum Gasteiger partial charge on any atom is -0.455 e. The number of fused-ring (bicyclic) bond motifs is 2. The lowest BCUT2D eigenvalue weighted by atomic mass is 9.94. The molecule has 0 bridgehead atoms. The average Bonchev–Trinajstić information content (AvgIpc) is 3.24. The molecule has 1 aliphatic rings. The summed E-state index contributed by atoms with van der Waals surface area (Å²) in [6, 6.07) is 17.3. The van der Waals surface area contributed by atoms with Crippen molar-refractivity contribution >= 4 is 60.3 Å². The third-order valence-corrected chi connectivity index (χ3v) is 7.37. The minimum absolute atomic E-state index is 0.189. The van der Waals surface area contributed by atoms with Gasteiger partial charge < -0.3 is 9.64 Å². The van der Waals surface area contributed by atoms with Crippen molar-refractivity contribution in [3.63, 3.8) is 0 Å². The molecule has 1 aliphatic heterocycles. The first-order valence-corrected chi connectivity index (χ1v) is 13.2. The summed E-state index contributed by atoms with van der Waals surface area (Å²) in [5.74, 6) is -0.0124. The van der Waals surface area contributed by atoms with Crippen LogP contribution < -0.4 is 10.2 Å². The molecule has 5 rings (SSSR count). The third kappa shape index (κ3) is 5.12. The van der Waals surface area contributed by atoms with E-state index in [4.69, 9.17) is 4.74 Å². The zero-order valence-corrected chi connectivity index (χ0v) is 22.6. The van der Waals surface area contributed by atoms with Crippen LogP contribution in [0.25, 0.3) is 10.2 Å². The van der Waals surface area contributed by atoms with E-state index in [-0.39, 0.29) is 11.6 Å². The second-order valence-electron chi connectivity index (χ2n) is 9.56. The van der Waals surface area contributed by atoms with Crippen LogP contribution in [0.4, 0.5) is 10.9 Å². The van der Waals surface area contributed by atoms with Crippen molar-refractivity contribution in [2.75, 3.05) is 16.8 Å². The molecule has 0 saturated heterocycles. The topological polar surface area (TPSA) is 84.4 Å². The lowest BCUT2D eigenvalue weighted by molar-refractivity contribution is 0.00617. The number of hydrogen-bond donors (Lipinski definition) is 1. The van der Waals surface area contributed by atoms with Gasteiger partial charge in [0, 0.05) is 18.7 Å². The summed E-state index contributed by atoms with van der Waals surface area (Å²) in [5.41, 5.74) is 3.17. The number of ether oxygens (including phenoxy) is 1. The predicted molar refractivity (Wildman–Crippen MR) is 146 cm³/mol. The summed E-state index contributed by atoms with van der Waals surface area (Å²) in [7, 11) is 0. The second-order valence-corrected chi connectivity index (χ2v) is 11.4. The molecule has 0 unspecified atom stereocenters. The van der Waals surface area contributed by atoms with Crippen LogP contribution in [0.15, 0.2) is 59.1 Å². The molecule has 0 spiro atoms. The first kappa shape index (κ1) is 24.4. The number of para-hydroxylation sites is 1. The third-order valence-electron chi connectivity index (χ3n) is 5.78. The summed E-state index contributed by atoms with van der Waals surface area (Å²) in [5, 5.41) is 3.54. The van der Waals surface area contributed by atoms with Crippen LogP contribution in [0.1, 0.15) is 52.7 Å². The molecular weight excluding hydrogens is 540 g/mol. The van der Waals surface area contributed by atoms with Crippen molar-refractivity contribution < 1.29 is 14.3 Å². The highest BCUT2D eigenvalue weighted by atomic mass is 79.9. The number of carbonyl (C=O) groups is 2. The molecule has 0 radical (unpaired) electrons. The fourth-order valence-electron chi connectivity index (χ4n) is 4.16. The van der Waals surface area contributed by atoms with E-state index in [9.17, 15) is 9.59 Å². The van der Waals surface area contributed by atoms with E-state index < -0.39 is 11.6 Å². The van der Waals surface area contributed by atoms with Crippen LogP contribution in [0.2, 0.25) is 0 Å². The number of esters is 1. The normalized spacial score (nSPS) is 13.4. The summed E-state index contributed by atoms with van der Waals surface area (Å²) < 4.78 is 7.13. The number of thiazole rings is 1. The van der Waals surface area contributed by atoms with Crippen LogP contribution in [-0.4, -0.2) is 34.0 Å². The molecule has 1 N–H and O–H groups in total. The van der Waals surface area contributed by atoms with Gasteiger partial charge in [-0.15, -0.1) is 0 Å². The molecule has 0 atom stereocenters. The Balaban J connectivity index is 1.40. The average molecular weight is 565 g/mol. The maximum atomic E-state index is 13.3. The van der Waals surface area contributed by atoms with E-state index >= 15 is 0 Å². The second kappa shape index (κ2) is 9.63. The highest BCUT2D eigenvalue weighted by Crippen LogP contribution is 2.30. The molecule has 36 heavy (non-hydrogen) atoms. The van der Waals surface area contributed by atoms with Gasteiger partial charge in [0.05, 0.1) is 14.7 Å². The van der Waals surface area contributed by atoms with Gasteiger partial charge in [0.15, 0.2) is 10.8 Å². The molecule has 9 heteroatoms. The number of nitrogens with one attached hydrogen (secondary N) is 1. The largest absolute Gasteiger partial charge is 0.455 e. The maximum Gasteiger partial charge on any atom is 0.358 e. The molecule has 4 aromatic rings. The van der Waals surface area contributed by atoms with Crippen molar-refractivity contribution in [3.05, 3.63) is 81.5 Å². The number of pyridine rings is 1. The zero-order valence-electron chi connectivity index (χ0n) is 20.2. The fourth-order valence-corrected chi connectivity index (χ4v) is 5.40. The molecule has 0 aliphatic carbocycles. The molecule has 3 heterocycles. The lowest BCUT2D eigenvalue weighted by Crippen LogP contribution is -2.33. The highest BCUT2D eigenvalue weighted by molar-refractivity contribution is 9.10. The quantitative estimate of drug-likeness (QED) is 0.296. The number of anilines is 2. The summed E-state index contributed by atoms with van der Waals surface area (Å²) in [6.45, 7) is 6.70. The van der Waals surface area contributed by atoms with Gasteiger partial charge in [0.2, 0.25) is 0 Å². The Morgan fingerprint density at radius 1 is 1.06 bits per heavy atom. The molecule has 7 nitrogen and oxygen atoms in total. The van der Waals surface area contributed by atoms with E-state index in [0.29, 0.717) is 27.5 Å².